The van der Waals surface area contributed by atoms with Gasteiger partial charge in [0.15, 0.2) is 0 Å². The zero-order valence-electron chi connectivity index (χ0n) is 11.9. The summed E-state index contributed by atoms with van der Waals surface area (Å²) in [5, 5.41) is 27.6. The standard InChI is InChI=1S/C13H12Cl2N4O4/c1-18-12(9(5-17-18)19(22)23)13(21)16-6-10(20)11-7(14)3-2-4-8(11)15/h2-5,10,20H,6H2,1H3,(H,16,21). The molecule has 0 spiro atoms. The largest absolute Gasteiger partial charge is 0.386 e. The number of benzene rings is 1. The van der Waals surface area contributed by atoms with Crippen molar-refractivity contribution in [2.24, 2.45) is 7.05 Å². The molecule has 0 fully saturated rings. The Morgan fingerprint density at radius 2 is 2.09 bits per heavy atom. The number of nitro groups is 1. The van der Waals surface area contributed by atoms with Gasteiger partial charge >= 0.3 is 5.69 Å². The second-order valence-electron chi connectivity index (χ2n) is 4.62. The van der Waals surface area contributed by atoms with Crippen LogP contribution in [-0.2, 0) is 7.05 Å². The van der Waals surface area contributed by atoms with Crippen molar-refractivity contribution >= 4 is 34.8 Å². The van der Waals surface area contributed by atoms with Crippen LogP contribution in [0.25, 0.3) is 0 Å². The molecule has 10 heteroatoms. The molecule has 23 heavy (non-hydrogen) atoms. The van der Waals surface area contributed by atoms with E-state index in [0.717, 1.165) is 10.9 Å². The molecule has 1 aromatic heterocycles. The summed E-state index contributed by atoms with van der Waals surface area (Å²) in [7, 11) is 1.41. The lowest BCUT2D eigenvalue weighted by molar-refractivity contribution is -0.385. The predicted molar refractivity (Wildman–Crippen MR) is 83.6 cm³/mol. The van der Waals surface area contributed by atoms with Crippen molar-refractivity contribution in [3.05, 3.63) is 55.8 Å². The van der Waals surface area contributed by atoms with Gasteiger partial charge in [-0.3, -0.25) is 19.6 Å². The number of halogens is 2. The van der Waals surface area contributed by atoms with Crippen LogP contribution in [0.3, 0.4) is 0 Å². The molecule has 0 aliphatic rings. The van der Waals surface area contributed by atoms with E-state index >= 15 is 0 Å². The van der Waals surface area contributed by atoms with Crippen LogP contribution in [0.1, 0.15) is 22.2 Å². The summed E-state index contributed by atoms with van der Waals surface area (Å²) < 4.78 is 1.09. The van der Waals surface area contributed by atoms with E-state index in [1.165, 1.54) is 7.05 Å². The molecule has 0 aliphatic heterocycles. The molecular weight excluding hydrogens is 347 g/mol. The van der Waals surface area contributed by atoms with E-state index in [0.29, 0.717) is 0 Å². The number of hydrogen-bond acceptors (Lipinski definition) is 5. The van der Waals surface area contributed by atoms with E-state index in [1.54, 1.807) is 18.2 Å². The highest BCUT2D eigenvalue weighted by molar-refractivity contribution is 6.36. The van der Waals surface area contributed by atoms with Crippen molar-refractivity contribution in [2.45, 2.75) is 6.10 Å². The van der Waals surface area contributed by atoms with Gasteiger partial charge in [0.05, 0.1) is 11.0 Å². The van der Waals surface area contributed by atoms with E-state index in [2.05, 4.69) is 10.4 Å². The maximum atomic E-state index is 12.1. The van der Waals surface area contributed by atoms with Crippen molar-refractivity contribution in [3.63, 3.8) is 0 Å². The van der Waals surface area contributed by atoms with Gasteiger partial charge in [0.1, 0.15) is 6.20 Å². The van der Waals surface area contributed by atoms with Crippen molar-refractivity contribution < 1.29 is 14.8 Å². The molecule has 122 valence electrons. The monoisotopic (exact) mass is 358 g/mol. The van der Waals surface area contributed by atoms with E-state index in [9.17, 15) is 20.0 Å². The predicted octanol–water partition coefficient (Wildman–Crippen LogP) is 2.10. The Hall–Kier alpha value is -2.16. The molecule has 2 aromatic rings. The fourth-order valence-electron chi connectivity index (χ4n) is 2.03. The average molecular weight is 359 g/mol. The van der Waals surface area contributed by atoms with Gasteiger partial charge < -0.3 is 10.4 Å². The molecule has 0 bridgehead atoms. The van der Waals surface area contributed by atoms with E-state index in [4.69, 9.17) is 23.2 Å². The summed E-state index contributed by atoms with van der Waals surface area (Å²) in [6.45, 7) is -0.218. The Morgan fingerprint density at radius 3 is 2.65 bits per heavy atom. The zero-order valence-corrected chi connectivity index (χ0v) is 13.4. The number of amides is 1. The lowest BCUT2D eigenvalue weighted by atomic mass is 10.1. The number of nitrogens with one attached hydrogen (secondary N) is 1. The molecule has 1 atom stereocenters. The molecule has 8 nitrogen and oxygen atoms in total. The summed E-state index contributed by atoms with van der Waals surface area (Å²) in [5.41, 5.74) is -0.363. The first-order chi connectivity index (χ1) is 10.8. The van der Waals surface area contributed by atoms with Crippen LogP contribution in [0, 0.1) is 10.1 Å². The Balaban J connectivity index is 2.14. The fraction of sp³-hybridized carbons (Fsp3) is 0.231. The van der Waals surface area contributed by atoms with Gasteiger partial charge in [0, 0.05) is 29.2 Å². The Kier molecular flexibility index (Phi) is 5.19. The number of aliphatic hydroxyl groups excluding tert-OH is 1. The van der Waals surface area contributed by atoms with Crippen molar-refractivity contribution in [3.8, 4) is 0 Å². The summed E-state index contributed by atoms with van der Waals surface area (Å²) in [6.07, 6.45) is -0.177. The smallest absolute Gasteiger partial charge is 0.320 e. The number of carbonyl (C=O) groups excluding carboxylic acids is 1. The number of aliphatic hydroxyl groups is 1. The number of nitrogens with zero attached hydrogens (tertiary/aromatic N) is 3. The highest BCUT2D eigenvalue weighted by atomic mass is 35.5. The minimum Gasteiger partial charge on any atom is -0.386 e. The van der Waals surface area contributed by atoms with Crippen LogP contribution in [0.5, 0.6) is 0 Å². The van der Waals surface area contributed by atoms with Gasteiger partial charge in [-0.05, 0) is 12.1 Å². The third-order valence-electron chi connectivity index (χ3n) is 3.12. The number of aryl methyl sites for hydroxylation is 1. The molecule has 0 saturated carbocycles. The minimum absolute atomic E-state index is 0.215. The maximum absolute atomic E-state index is 12.1. The lowest BCUT2D eigenvalue weighted by Crippen LogP contribution is -2.30. The summed E-state index contributed by atoms with van der Waals surface area (Å²) >= 11 is 11.9. The van der Waals surface area contributed by atoms with Gasteiger partial charge in [0.25, 0.3) is 5.91 Å². The normalized spacial score (nSPS) is 12.0. The van der Waals surface area contributed by atoms with Crippen LogP contribution in [0.2, 0.25) is 10.0 Å². The third kappa shape index (κ3) is 3.61. The van der Waals surface area contributed by atoms with E-state index in [1.807, 2.05) is 0 Å². The summed E-state index contributed by atoms with van der Waals surface area (Å²) in [6, 6.07) is 4.73. The molecule has 0 saturated heterocycles. The van der Waals surface area contributed by atoms with Crippen LogP contribution in [-0.4, -0.2) is 32.3 Å². The second kappa shape index (κ2) is 6.95. The van der Waals surface area contributed by atoms with Gasteiger partial charge in [-0.15, -0.1) is 0 Å². The maximum Gasteiger partial charge on any atom is 0.320 e. The van der Waals surface area contributed by atoms with Crippen molar-refractivity contribution in [2.75, 3.05) is 6.54 Å². The molecule has 1 amide bonds. The highest BCUT2D eigenvalue weighted by Gasteiger charge is 2.26. The molecule has 1 aromatic carbocycles. The SMILES string of the molecule is Cn1ncc([N+](=O)[O-])c1C(=O)NCC(O)c1c(Cl)cccc1Cl. The van der Waals surface area contributed by atoms with E-state index in [-0.39, 0.29) is 27.8 Å². The quantitative estimate of drug-likeness (QED) is 0.627. The molecule has 2 rings (SSSR count). The van der Waals surface area contributed by atoms with Crippen molar-refractivity contribution in [1.82, 2.24) is 15.1 Å². The van der Waals surface area contributed by atoms with Crippen LogP contribution >= 0.6 is 23.2 Å². The number of carbonyl (C=O) groups is 1. The fourth-order valence-corrected chi connectivity index (χ4v) is 2.68. The second-order valence-corrected chi connectivity index (χ2v) is 5.43. The molecule has 0 aliphatic carbocycles. The topological polar surface area (TPSA) is 110 Å². The lowest BCUT2D eigenvalue weighted by Gasteiger charge is -2.15. The number of hydrogen-bond donors (Lipinski definition) is 2. The van der Waals surface area contributed by atoms with Crippen molar-refractivity contribution in [1.29, 1.82) is 0 Å². The van der Waals surface area contributed by atoms with Gasteiger partial charge in [0.2, 0.25) is 5.69 Å². The summed E-state index contributed by atoms with van der Waals surface area (Å²) in [4.78, 5) is 22.3. The molecule has 1 unspecified atom stereocenters. The molecule has 1 heterocycles. The summed E-state index contributed by atoms with van der Waals surface area (Å²) in [5.74, 6) is -0.737. The van der Waals surface area contributed by atoms with Crippen LogP contribution in [0.4, 0.5) is 5.69 Å². The first-order valence-corrected chi connectivity index (χ1v) is 7.15. The van der Waals surface area contributed by atoms with Gasteiger partial charge in [-0.25, -0.2) is 0 Å². The van der Waals surface area contributed by atoms with Crippen LogP contribution < -0.4 is 5.32 Å². The zero-order chi connectivity index (χ0) is 17.1. The Labute approximate surface area is 140 Å². The average Bonchev–Trinajstić information content (AvgIpc) is 2.86. The highest BCUT2D eigenvalue weighted by Crippen LogP contribution is 2.30. The molecule has 0 radical (unpaired) electrons. The first-order valence-electron chi connectivity index (χ1n) is 6.39. The number of aromatic nitrogens is 2. The third-order valence-corrected chi connectivity index (χ3v) is 3.78. The van der Waals surface area contributed by atoms with Crippen LogP contribution in [0.15, 0.2) is 24.4 Å². The number of rotatable bonds is 5. The molecular formula is C13H12Cl2N4O4. The Morgan fingerprint density at radius 1 is 1.48 bits per heavy atom. The minimum atomic E-state index is -1.16. The van der Waals surface area contributed by atoms with E-state index < -0.39 is 22.6 Å². The Bertz CT molecular complexity index is 742. The van der Waals surface area contributed by atoms with Gasteiger partial charge in [-0.2, -0.15) is 5.10 Å². The molecule has 2 N–H and O–H groups in total. The van der Waals surface area contributed by atoms with Gasteiger partial charge in [-0.1, -0.05) is 29.3 Å². The first kappa shape index (κ1) is 17.2.